The van der Waals surface area contributed by atoms with Gasteiger partial charge < -0.3 is 57.4 Å². The quantitative estimate of drug-likeness (QED) is 0.0554. The maximum atomic E-state index is 14.1. The van der Waals surface area contributed by atoms with Gasteiger partial charge in [-0.05, 0) is 37.0 Å². The van der Waals surface area contributed by atoms with Gasteiger partial charge in [0, 0.05) is 47.8 Å². The number of rotatable bonds is 14. The number of thiazole rings is 1. The van der Waals surface area contributed by atoms with Crippen molar-refractivity contribution in [2.24, 2.45) is 11.8 Å². The highest BCUT2D eigenvalue weighted by atomic mass is 32.1. The number of para-hydroxylation sites is 1. The lowest BCUT2D eigenvalue weighted by atomic mass is 9.94. The molecule has 350 valence electrons. The number of ether oxygens (including phenoxy) is 1. The van der Waals surface area contributed by atoms with Crippen LogP contribution in [0.4, 0.5) is 0 Å². The van der Waals surface area contributed by atoms with E-state index in [0.717, 1.165) is 22.9 Å². The minimum absolute atomic E-state index is 0.0836. The number of carbonyl (C=O) groups is 9. The number of carbonyl (C=O) groups excluding carboxylic acids is 9. The van der Waals surface area contributed by atoms with Crippen LogP contribution in [-0.2, 0) is 47.9 Å². The molecule has 0 saturated carbocycles. The fourth-order valence-corrected chi connectivity index (χ4v) is 7.26. The van der Waals surface area contributed by atoms with Gasteiger partial charge in [0.15, 0.2) is 0 Å². The molecule has 1 aromatic carbocycles. The molecule has 0 fully saturated rings. The van der Waals surface area contributed by atoms with E-state index in [1.54, 1.807) is 51.4 Å². The monoisotopic (exact) mass is 920 g/mol. The summed E-state index contributed by atoms with van der Waals surface area (Å²) in [6.45, 7) is 6.92. The summed E-state index contributed by atoms with van der Waals surface area (Å²) in [6.07, 6.45) is 4.79. The van der Waals surface area contributed by atoms with Gasteiger partial charge in [0.1, 0.15) is 41.0 Å². The van der Waals surface area contributed by atoms with Crippen LogP contribution >= 0.6 is 11.3 Å². The summed E-state index contributed by atoms with van der Waals surface area (Å²) in [5.41, 5.74) is 1.29. The van der Waals surface area contributed by atoms with E-state index >= 15 is 0 Å². The van der Waals surface area contributed by atoms with Gasteiger partial charge in [0.25, 0.3) is 17.7 Å². The molecule has 3 heterocycles. The maximum absolute atomic E-state index is 14.1. The summed E-state index contributed by atoms with van der Waals surface area (Å²) in [4.78, 5) is 128. The Kier molecular flexibility index (Phi) is 19.0. The third-order valence-corrected chi connectivity index (χ3v) is 11.6. The van der Waals surface area contributed by atoms with E-state index in [9.17, 15) is 48.3 Å². The zero-order valence-electron chi connectivity index (χ0n) is 36.8. The molecule has 22 heteroatoms. The highest BCUT2D eigenvalue weighted by molar-refractivity contribution is 7.09. The number of amides is 8. The molecule has 4 rings (SSSR count). The maximum Gasteiger partial charge on any atom is 0.290 e. The number of aliphatic hydroxyl groups excluding tert-OH is 1. The first-order chi connectivity index (χ1) is 31.0. The zero-order valence-corrected chi connectivity index (χ0v) is 37.6. The Morgan fingerprint density at radius 2 is 1.72 bits per heavy atom. The number of H-pyrrole nitrogens is 1. The second-order valence-electron chi connectivity index (χ2n) is 15.4. The van der Waals surface area contributed by atoms with E-state index < -0.39 is 108 Å². The van der Waals surface area contributed by atoms with Crippen molar-refractivity contribution in [1.82, 2.24) is 52.5 Å². The van der Waals surface area contributed by atoms with Gasteiger partial charge in [-0.25, -0.2) is 4.98 Å². The number of aromatic nitrogens is 2. The van der Waals surface area contributed by atoms with Crippen molar-refractivity contribution < 1.29 is 53.0 Å². The SMILES string of the molecule is CCC(C)C1NC(=O)[C@H](C)NC(=O)[C@@H](NC(=O)[C@@H](NC(=O)[C@H](O)CNC=O)C(C)CC)CNC(=O)/C(=C/c2c[nH]c3ccccc23)NC(=O)/C=C/c2csc(n2)[C@H](COC)NC(=O)C1=O. The Bertz CT molecular complexity index is 2290. The Hall–Kier alpha value is -6.78. The average molecular weight is 921 g/mol. The van der Waals surface area contributed by atoms with E-state index in [1.165, 1.54) is 26.2 Å². The number of Topliss-reactive ketones (excluding diaryl/α,β-unsaturated/α-hetero) is 1. The van der Waals surface area contributed by atoms with Crippen LogP contribution in [-0.4, -0.2) is 126 Å². The summed E-state index contributed by atoms with van der Waals surface area (Å²) in [5, 5.41) is 32.9. The summed E-state index contributed by atoms with van der Waals surface area (Å²) >= 11 is 1.13. The standard InChI is InChI=1S/C43H56N10O11S/c1-7-22(3)34-36(57)42(63)51-31(19-64-6)43-48-26(20-65-43)13-14-33(56)49-29(15-25-16-45-28-12-10-9-11-27(25)28)38(59)46-17-30(39(60)47-24(5)37(58)52-34)50-41(62)35(23(4)8-2)53-40(61)32(55)18-44-21-54/h9-16,20-24,30-32,34-35,45,55H,7-8,17-19H2,1-6H3,(H,44,54)(H,46,59)(H,47,60)(H,49,56)(H,50,62)(H,51,63)(H,52,58)(H,53,61)/b14-13+,29-15-/t22?,23?,24-,30-,31-,32+,34?,35-/m0/s1. The Balaban J connectivity index is 1.77. The fraction of sp³-hybridized carbons (Fsp3) is 0.442. The van der Waals surface area contributed by atoms with Crippen molar-refractivity contribution in [2.45, 2.75) is 83.8 Å². The summed E-state index contributed by atoms with van der Waals surface area (Å²) < 4.78 is 5.30. The first kappa shape index (κ1) is 50.9. The largest absolute Gasteiger partial charge is 0.382 e. The molecule has 10 N–H and O–H groups in total. The molecule has 8 atom stereocenters. The van der Waals surface area contributed by atoms with E-state index in [4.69, 9.17) is 4.74 Å². The van der Waals surface area contributed by atoms with Gasteiger partial charge in [-0.1, -0.05) is 58.7 Å². The number of benzene rings is 1. The first-order valence-corrected chi connectivity index (χ1v) is 21.8. The van der Waals surface area contributed by atoms with Crippen molar-refractivity contribution in [1.29, 1.82) is 0 Å². The van der Waals surface area contributed by atoms with Crippen LogP contribution in [0.25, 0.3) is 23.1 Å². The molecule has 65 heavy (non-hydrogen) atoms. The number of hydrogen-bond donors (Lipinski definition) is 10. The smallest absolute Gasteiger partial charge is 0.290 e. The summed E-state index contributed by atoms with van der Waals surface area (Å²) in [6, 6.07) is 0.593. The van der Waals surface area contributed by atoms with Gasteiger partial charge >= 0.3 is 0 Å². The molecule has 0 spiro atoms. The van der Waals surface area contributed by atoms with Gasteiger partial charge in [0.2, 0.25) is 35.8 Å². The molecule has 2 aromatic heterocycles. The molecule has 1 aliphatic heterocycles. The Labute approximate surface area is 378 Å². The second-order valence-corrected chi connectivity index (χ2v) is 16.3. The number of nitrogens with zero attached hydrogens (tertiary/aromatic N) is 1. The lowest BCUT2D eigenvalue weighted by Crippen LogP contribution is -2.61. The van der Waals surface area contributed by atoms with Crippen LogP contribution in [0.2, 0.25) is 0 Å². The van der Waals surface area contributed by atoms with E-state index in [2.05, 4.69) is 52.5 Å². The molecule has 3 aromatic rings. The zero-order chi connectivity index (χ0) is 47.8. The third-order valence-electron chi connectivity index (χ3n) is 10.7. The fourth-order valence-electron chi connectivity index (χ4n) is 6.44. The molecule has 0 radical (unpaired) electrons. The van der Waals surface area contributed by atoms with Gasteiger partial charge in [-0.15, -0.1) is 11.3 Å². The molecule has 0 aliphatic carbocycles. The molecule has 1 aliphatic rings. The van der Waals surface area contributed by atoms with Gasteiger partial charge in [-0.2, -0.15) is 0 Å². The number of hydrogen-bond acceptors (Lipinski definition) is 13. The Morgan fingerprint density at radius 1 is 0.985 bits per heavy atom. The number of ketones is 1. The van der Waals surface area contributed by atoms with E-state index in [0.29, 0.717) is 34.5 Å². The van der Waals surface area contributed by atoms with E-state index in [-0.39, 0.29) is 18.7 Å². The molecular weight excluding hydrogens is 865 g/mol. The molecule has 0 saturated heterocycles. The number of methoxy groups -OCH3 is 1. The van der Waals surface area contributed by atoms with Crippen molar-refractivity contribution >= 4 is 87.9 Å². The minimum atomic E-state index is -1.73. The molecule has 21 nitrogen and oxygen atoms in total. The van der Waals surface area contributed by atoms with E-state index in [1.807, 2.05) is 12.1 Å². The van der Waals surface area contributed by atoms with Crippen LogP contribution < -0.4 is 42.5 Å². The highest BCUT2D eigenvalue weighted by Gasteiger charge is 2.36. The van der Waals surface area contributed by atoms with Crippen LogP contribution in [0, 0.1) is 11.8 Å². The molecule has 8 amide bonds. The Morgan fingerprint density at radius 3 is 2.42 bits per heavy atom. The van der Waals surface area contributed by atoms with Crippen molar-refractivity contribution in [3.63, 3.8) is 0 Å². The normalized spacial score (nSPS) is 22.3. The molecular formula is C43H56N10O11S. The van der Waals surface area contributed by atoms with Gasteiger partial charge in [0.05, 0.1) is 24.9 Å². The number of aromatic amines is 1. The van der Waals surface area contributed by atoms with Crippen molar-refractivity contribution in [2.75, 3.05) is 26.8 Å². The molecule has 3 unspecified atom stereocenters. The third kappa shape index (κ3) is 14.1. The minimum Gasteiger partial charge on any atom is -0.382 e. The summed E-state index contributed by atoms with van der Waals surface area (Å²) in [7, 11) is 1.39. The topological polar surface area (TPSA) is 308 Å². The first-order valence-electron chi connectivity index (χ1n) is 20.9. The van der Waals surface area contributed by atoms with Crippen molar-refractivity contribution in [3.8, 4) is 0 Å². The predicted molar refractivity (Wildman–Crippen MR) is 239 cm³/mol. The van der Waals surface area contributed by atoms with Gasteiger partial charge in [-0.3, -0.25) is 43.2 Å². The predicted octanol–water partition coefficient (Wildman–Crippen LogP) is -0.544. The molecule has 2 bridgehead atoms. The van der Waals surface area contributed by atoms with Crippen molar-refractivity contribution in [3.05, 3.63) is 63.9 Å². The van der Waals surface area contributed by atoms with Crippen LogP contribution in [0.5, 0.6) is 0 Å². The number of fused-ring (bicyclic) bond motifs is 3. The second kappa shape index (κ2) is 24.3. The average Bonchev–Trinajstić information content (AvgIpc) is 3.95. The van der Waals surface area contributed by atoms with Crippen LogP contribution in [0.1, 0.15) is 69.8 Å². The highest BCUT2D eigenvalue weighted by Crippen LogP contribution is 2.22. The van der Waals surface area contributed by atoms with Crippen LogP contribution in [0.15, 0.2) is 47.6 Å². The summed E-state index contributed by atoms with van der Waals surface area (Å²) in [5.74, 6) is -8.54. The lowest BCUT2D eigenvalue weighted by molar-refractivity contribution is -0.142. The number of aliphatic hydroxyl groups is 1. The number of nitrogens with one attached hydrogen (secondary N) is 9. The lowest BCUT2D eigenvalue weighted by Gasteiger charge is -2.28. The van der Waals surface area contributed by atoms with Crippen LogP contribution in [0.3, 0.4) is 0 Å².